The SMILES string of the molecule is O=S(=O)(c1ccc(F)cc1F)N(CCCO)C1CCC1. The van der Waals surface area contributed by atoms with Gasteiger partial charge in [0.2, 0.25) is 10.0 Å². The van der Waals surface area contributed by atoms with Gasteiger partial charge in [0.05, 0.1) is 0 Å². The predicted octanol–water partition coefficient (Wildman–Crippen LogP) is 1.89. The monoisotopic (exact) mass is 305 g/mol. The molecular formula is C13H17F2NO3S. The van der Waals surface area contributed by atoms with Crippen molar-refractivity contribution in [3.05, 3.63) is 29.8 Å². The number of aliphatic hydroxyl groups is 1. The number of hydrogen-bond acceptors (Lipinski definition) is 3. The Balaban J connectivity index is 2.33. The van der Waals surface area contributed by atoms with Crippen LogP contribution in [0.15, 0.2) is 23.1 Å². The Morgan fingerprint density at radius 3 is 2.50 bits per heavy atom. The summed E-state index contributed by atoms with van der Waals surface area (Å²) in [6.07, 6.45) is 2.68. The van der Waals surface area contributed by atoms with Crippen LogP contribution >= 0.6 is 0 Å². The largest absolute Gasteiger partial charge is 0.396 e. The van der Waals surface area contributed by atoms with Gasteiger partial charge in [-0.2, -0.15) is 4.31 Å². The molecule has 7 heteroatoms. The van der Waals surface area contributed by atoms with Crippen LogP contribution in [0.4, 0.5) is 8.78 Å². The maximum atomic E-state index is 13.7. The van der Waals surface area contributed by atoms with E-state index in [1.165, 1.54) is 4.31 Å². The number of rotatable bonds is 6. The number of aliphatic hydroxyl groups excluding tert-OH is 1. The first-order chi connectivity index (χ1) is 9.46. The molecular weight excluding hydrogens is 288 g/mol. The third-order valence-corrected chi connectivity index (χ3v) is 5.48. The van der Waals surface area contributed by atoms with E-state index in [2.05, 4.69) is 0 Å². The molecule has 0 amide bonds. The van der Waals surface area contributed by atoms with Gasteiger partial charge in [-0.3, -0.25) is 0 Å². The normalized spacial score (nSPS) is 16.4. The maximum absolute atomic E-state index is 13.7. The number of nitrogens with zero attached hydrogens (tertiary/aromatic N) is 1. The van der Waals surface area contributed by atoms with Gasteiger partial charge in [0, 0.05) is 25.3 Å². The highest BCUT2D eigenvalue weighted by atomic mass is 32.2. The average molecular weight is 305 g/mol. The van der Waals surface area contributed by atoms with E-state index in [4.69, 9.17) is 5.11 Å². The lowest BCUT2D eigenvalue weighted by Crippen LogP contribution is -2.45. The van der Waals surface area contributed by atoms with Gasteiger partial charge in [-0.25, -0.2) is 17.2 Å². The molecule has 0 radical (unpaired) electrons. The molecule has 112 valence electrons. The zero-order valence-electron chi connectivity index (χ0n) is 10.9. The number of benzene rings is 1. The van der Waals surface area contributed by atoms with Crippen LogP contribution in [-0.4, -0.2) is 37.0 Å². The van der Waals surface area contributed by atoms with Crippen LogP contribution in [0.3, 0.4) is 0 Å². The Kier molecular flexibility index (Phi) is 4.72. The van der Waals surface area contributed by atoms with Gasteiger partial charge >= 0.3 is 0 Å². The summed E-state index contributed by atoms with van der Waals surface area (Å²) in [5, 5.41) is 8.87. The molecule has 1 saturated carbocycles. The minimum Gasteiger partial charge on any atom is -0.396 e. The second-order valence-electron chi connectivity index (χ2n) is 4.85. The van der Waals surface area contributed by atoms with E-state index in [1.807, 2.05) is 0 Å². The lowest BCUT2D eigenvalue weighted by molar-refractivity contribution is 0.198. The fraction of sp³-hybridized carbons (Fsp3) is 0.538. The van der Waals surface area contributed by atoms with Crippen molar-refractivity contribution in [3.63, 3.8) is 0 Å². The second-order valence-corrected chi connectivity index (χ2v) is 6.71. The first-order valence-electron chi connectivity index (χ1n) is 6.54. The van der Waals surface area contributed by atoms with Crippen LogP contribution in [0.25, 0.3) is 0 Å². The average Bonchev–Trinajstić information content (AvgIpc) is 2.31. The standard InChI is InChI=1S/C13H17F2NO3S/c14-10-5-6-13(12(15)9-10)20(18,19)16(7-2-8-17)11-3-1-4-11/h5-6,9,11,17H,1-4,7-8H2. The fourth-order valence-electron chi connectivity index (χ4n) is 2.21. The first-order valence-corrected chi connectivity index (χ1v) is 7.98. The summed E-state index contributed by atoms with van der Waals surface area (Å²) >= 11 is 0. The molecule has 0 bridgehead atoms. The van der Waals surface area contributed by atoms with Crippen LogP contribution < -0.4 is 0 Å². The van der Waals surface area contributed by atoms with Crippen LogP contribution in [0.1, 0.15) is 25.7 Å². The summed E-state index contributed by atoms with van der Waals surface area (Å²) in [6, 6.07) is 2.29. The lowest BCUT2D eigenvalue weighted by Gasteiger charge is -2.36. The van der Waals surface area contributed by atoms with Gasteiger partial charge in [0.15, 0.2) is 0 Å². The van der Waals surface area contributed by atoms with Crippen molar-refractivity contribution in [3.8, 4) is 0 Å². The maximum Gasteiger partial charge on any atom is 0.246 e. The molecule has 1 aliphatic carbocycles. The summed E-state index contributed by atoms with van der Waals surface area (Å²) < 4.78 is 52.8. The molecule has 1 fully saturated rings. The number of halogens is 2. The molecule has 1 aromatic rings. The van der Waals surface area contributed by atoms with Gasteiger partial charge in [0.25, 0.3) is 0 Å². The molecule has 0 aromatic heterocycles. The van der Waals surface area contributed by atoms with E-state index in [-0.39, 0.29) is 19.2 Å². The van der Waals surface area contributed by atoms with Crippen LogP contribution in [0.5, 0.6) is 0 Å². The van der Waals surface area contributed by atoms with E-state index < -0.39 is 26.6 Å². The number of sulfonamides is 1. The van der Waals surface area contributed by atoms with Crippen molar-refractivity contribution in [1.82, 2.24) is 4.31 Å². The molecule has 0 heterocycles. The Hall–Kier alpha value is -1.05. The van der Waals surface area contributed by atoms with Crippen molar-refractivity contribution in [2.45, 2.75) is 36.6 Å². The molecule has 1 N–H and O–H groups in total. The summed E-state index contributed by atoms with van der Waals surface area (Å²) in [5.41, 5.74) is 0. The van der Waals surface area contributed by atoms with Crippen molar-refractivity contribution in [2.75, 3.05) is 13.2 Å². The molecule has 0 aliphatic heterocycles. The van der Waals surface area contributed by atoms with Crippen LogP contribution in [-0.2, 0) is 10.0 Å². The molecule has 20 heavy (non-hydrogen) atoms. The Morgan fingerprint density at radius 1 is 1.30 bits per heavy atom. The van der Waals surface area contributed by atoms with Gasteiger partial charge in [-0.1, -0.05) is 6.42 Å². The lowest BCUT2D eigenvalue weighted by atomic mass is 9.93. The third kappa shape index (κ3) is 2.99. The topological polar surface area (TPSA) is 57.6 Å². The minimum absolute atomic E-state index is 0.134. The van der Waals surface area contributed by atoms with Crippen LogP contribution in [0, 0.1) is 11.6 Å². The third-order valence-electron chi connectivity index (χ3n) is 3.50. The Bertz CT molecular complexity index is 573. The van der Waals surface area contributed by atoms with E-state index in [1.54, 1.807) is 0 Å². The minimum atomic E-state index is -4.00. The summed E-state index contributed by atoms with van der Waals surface area (Å²) in [5.74, 6) is -1.90. The Labute approximate surface area is 117 Å². The van der Waals surface area contributed by atoms with Gasteiger partial charge in [0.1, 0.15) is 16.5 Å². The van der Waals surface area contributed by atoms with E-state index in [9.17, 15) is 17.2 Å². The zero-order chi connectivity index (χ0) is 14.8. The highest BCUT2D eigenvalue weighted by Crippen LogP contribution is 2.31. The fourth-order valence-corrected chi connectivity index (χ4v) is 3.98. The molecule has 2 rings (SSSR count). The van der Waals surface area contributed by atoms with E-state index >= 15 is 0 Å². The second kappa shape index (κ2) is 6.15. The summed E-state index contributed by atoms with van der Waals surface area (Å²) in [6.45, 7) is 0.00492. The number of hydrogen-bond donors (Lipinski definition) is 1. The van der Waals surface area contributed by atoms with Gasteiger partial charge < -0.3 is 5.11 Å². The van der Waals surface area contributed by atoms with Crippen molar-refractivity contribution in [1.29, 1.82) is 0 Å². The highest BCUT2D eigenvalue weighted by Gasteiger charge is 2.35. The molecule has 1 aromatic carbocycles. The molecule has 0 spiro atoms. The predicted molar refractivity (Wildman–Crippen MR) is 69.6 cm³/mol. The summed E-state index contributed by atoms with van der Waals surface area (Å²) in [7, 11) is -4.00. The highest BCUT2D eigenvalue weighted by molar-refractivity contribution is 7.89. The van der Waals surface area contributed by atoms with Gasteiger partial charge in [-0.15, -0.1) is 0 Å². The molecule has 0 unspecified atom stereocenters. The van der Waals surface area contributed by atoms with E-state index in [0.29, 0.717) is 12.5 Å². The van der Waals surface area contributed by atoms with Gasteiger partial charge in [-0.05, 0) is 31.4 Å². The van der Waals surface area contributed by atoms with Crippen molar-refractivity contribution < 1.29 is 22.3 Å². The van der Waals surface area contributed by atoms with Crippen molar-refractivity contribution in [2.24, 2.45) is 0 Å². The molecule has 4 nitrogen and oxygen atoms in total. The van der Waals surface area contributed by atoms with Crippen LogP contribution in [0.2, 0.25) is 0 Å². The quantitative estimate of drug-likeness (QED) is 0.873. The molecule has 1 aliphatic rings. The zero-order valence-corrected chi connectivity index (χ0v) is 11.7. The van der Waals surface area contributed by atoms with E-state index in [0.717, 1.165) is 31.4 Å². The molecule has 0 saturated heterocycles. The Morgan fingerprint density at radius 2 is 2.00 bits per heavy atom. The first kappa shape index (κ1) is 15.3. The van der Waals surface area contributed by atoms with Crippen molar-refractivity contribution >= 4 is 10.0 Å². The smallest absolute Gasteiger partial charge is 0.246 e. The molecule has 0 atom stereocenters. The summed E-state index contributed by atoms with van der Waals surface area (Å²) in [4.78, 5) is -0.510.